The van der Waals surface area contributed by atoms with Gasteiger partial charge in [0, 0.05) is 44.0 Å². The Kier molecular flexibility index (Phi) is 4.48. The first-order chi connectivity index (χ1) is 10.8. The minimum atomic E-state index is 0.590. The summed E-state index contributed by atoms with van der Waals surface area (Å²) >= 11 is 5.59. The first-order valence-electron chi connectivity index (χ1n) is 7.24. The molecule has 1 aromatic carbocycles. The van der Waals surface area contributed by atoms with Gasteiger partial charge in [-0.25, -0.2) is 4.98 Å². The van der Waals surface area contributed by atoms with E-state index >= 15 is 0 Å². The lowest BCUT2D eigenvalue weighted by Gasteiger charge is -2.36. The van der Waals surface area contributed by atoms with E-state index in [1.165, 1.54) is 0 Å². The zero-order valence-electron chi connectivity index (χ0n) is 12.5. The van der Waals surface area contributed by atoms with Crippen molar-refractivity contribution >= 4 is 23.2 Å². The molecule has 0 amide bonds. The van der Waals surface area contributed by atoms with Gasteiger partial charge in [0.15, 0.2) is 0 Å². The number of benzene rings is 1. The molecular weight excluding hydrogens is 296 g/mol. The summed E-state index contributed by atoms with van der Waals surface area (Å²) in [7, 11) is 1.61. The number of aromatic nitrogens is 2. The molecule has 5 nitrogen and oxygen atoms in total. The molecule has 3 rings (SSSR count). The molecule has 0 saturated carbocycles. The van der Waals surface area contributed by atoms with Crippen molar-refractivity contribution in [3.63, 3.8) is 0 Å². The molecule has 0 atom stereocenters. The smallest absolute Gasteiger partial charge is 0.228 e. The predicted octanol–water partition coefficient (Wildman–Crippen LogP) is 1.98. The van der Waals surface area contributed by atoms with E-state index in [4.69, 9.17) is 17.0 Å². The van der Waals surface area contributed by atoms with E-state index in [1.54, 1.807) is 19.4 Å². The Hall–Kier alpha value is -2.21. The monoisotopic (exact) mass is 314 g/mol. The van der Waals surface area contributed by atoms with Crippen LogP contribution in [0.5, 0.6) is 5.88 Å². The number of hydrogen-bond donors (Lipinski definition) is 0. The SMILES string of the molecule is COc1ccnc(N2CCN(C(=S)c3ccccc3)CC2)n1. The summed E-state index contributed by atoms with van der Waals surface area (Å²) in [5, 5.41) is 0. The lowest BCUT2D eigenvalue weighted by Crippen LogP contribution is -2.49. The highest BCUT2D eigenvalue weighted by Gasteiger charge is 2.21. The van der Waals surface area contributed by atoms with Crippen LogP contribution in [0.1, 0.15) is 5.56 Å². The second-order valence-corrected chi connectivity index (χ2v) is 5.43. The van der Waals surface area contributed by atoms with Crippen LogP contribution in [-0.4, -0.2) is 53.1 Å². The first-order valence-corrected chi connectivity index (χ1v) is 7.65. The minimum Gasteiger partial charge on any atom is -0.481 e. The van der Waals surface area contributed by atoms with E-state index in [-0.39, 0.29) is 0 Å². The Morgan fingerprint density at radius 2 is 1.82 bits per heavy atom. The van der Waals surface area contributed by atoms with Crippen LogP contribution in [0.15, 0.2) is 42.6 Å². The third-order valence-corrected chi connectivity index (χ3v) is 4.19. The average molecular weight is 314 g/mol. The van der Waals surface area contributed by atoms with Crippen molar-refractivity contribution in [2.24, 2.45) is 0 Å². The molecule has 0 N–H and O–H groups in total. The molecule has 114 valence electrons. The second kappa shape index (κ2) is 6.70. The van der Waals surface area contributed by atoms with E-state index in [0.717, 1.165) is 36.7 Å². The first kappa shape index (κ1) is 14.7. The lowest BCUT2D eigenvalue weighted by atomic mass is 10.2. The van der Waals surface area contributed by atoms with Crippen molar-refractivity contribution in [1.82, 2.24) is 14.9 Å². The molecule has 1 saturated heterocycles. The van der Waals surface area contributed by atoms with Crippen molar-refractivity contribution in [3.05, 3.63) is 48.2 Å². The number of rotatable bonds is 3. The molecule has 0 aliphatic carbocycles. The van der Waals surface area contributed by atoms with Crippen LogP contribution in [-0.2, 0) is 0 Å². The Labute approximate surface area is 135 Å². The Balaban J connectivity index is 1.64. The fourth-order valence-electron chi connectivity index (χ4n) is 2.47. The maximum atomic E-state index is 5.59. The average Bonchev–Trinajstić information content (AvgIpc) is 2.62. The molecule has 0 bridgehead atoms. The van der Waals surface area contributed by atoms with Gasteiger partial charge < -0.3 is 14.5 Å². The van der Waals surface area contributed by atoms with Gasteiger partial charge in [0.2, 0.25) is 11.8 Å². The highest BCUT2D eigenvalue weighted by molar-refractivity contribution is 7.80. The van der Waals surface area contributed by atoms with Gasteiger partial charge in [0.05, 0.1) is 7.11 Å². The molecule has 2 aromatic rings. The van der Waals surface area contributed by atoms with Gasteiger partial charge in [0.25, 0.3) is 0 Å². The molecule has 0 spiro atoms. The summed E-state index contributed by atoms with van der Waals surface area (Å²) in [4.78, 5) is 14.0. The molecular formula is C16H18N4OS. The molecule has 1 aliphatic rings. The van der Waals surface area contributed by atoms with E-state index in [1.807, 2.05) is 18.2 Å². The fraction of sp³-hybridized carbons (Fsp3) is 0.312. The Bertz CT molecular complexity index is 642. The van der Waals surface area contributed by atoms with E-state index < -0.39 is 0 Å². The van der Waals surface area contributed by atoms with Crippen molar-refractivity contribution in [2.45, 2.75) is 0 Å². The van der Waals surface area contributed by atoms with Crippen LogP contribution < -0.4 is 9.64 Å². The van der Waals surface area contributed by atoms with Crippen molar-refractivity contribution in [1.29, 1.82) is 0 Å². The van der Waals surface area contributed by atoms with E-state index in [9.17, 15) is 0 Å². The highest BCUT2D eigenvalue weighted by atomic mass is 32.1. The lowest BCUT2D eigenvalue weighted by molar-refractivity contribution is 0.381. The Morgan fingerprint density at radius 3 is 2.50 bits per heavy atom. The molecule has 1 aromatic heterocycles. The van der Waals surface area contributed by atoms with Gasteiger partial charge in [-0.3, -0.25) is 0 Å². The van der Waals surface area contributed by atoms with Crippen LogP contribution in [0.3, 0.4) is 0 Å². The summed E-state index contributed by atoms with van der Waals surface area (Å²) in [6.07, 6.45) is 1.72. The number of hydrogen-bond acceptors (Lipinski definition) is 5. The van der Waals surface area contributed by atoms with Crippen LogP contribution >= 0.6 is 12.2 Å². The summed E-state index contributed by atoms with van der Waals surface area (Å²) < 4.78 is 5.15. The third-order valence-electron chi connectivity index (χ3n) is 3.70. The second-order valence-electron chi connectivity index (χ2n) is 5.04. The van der Waals surface area contributed by atoms with Gasteiger partial charge in [-0.05, 0) is 0 Å². The van der Waals surface area contributed by atoms with Crippen LogP contribution in [0.4, 0.5) is 5.95 Å². The topological polar surface area (TPSA) is 41.5 Å². The van der Waals surface area contributed by atoms with Gasteiger partial charge >= 0.3 is 0 Å². The maximum absolute atomic E-state index is 5.59. The number of anilines is 1. The zero-order valence-corrected chi connectivity index (χ0v) is 13.3. The van der Waals surface area contributed by atoms with Gasteiger partial charge in [-0.1, -0.05) is 42.5 Å². The van der Waals surface area contributed by atoms with Crippen molar-refractivity contribution < 1.29 is 4.74 Å². The van der Waals surface area contributed by atoms with Crippen molar-refractivity contribution in [3.8, 4) is 5.88 Å². The summed E-state index contributed by atoms with van der Waals surface area (Å²) in [5.74, 6) is 1.30. The predicted molar refractivity (Wildman–Crippen MR) is 90.5 cm³/mol. The highest BCUT2D eigenvalue weighted by Crippen LogP contribution is 2.16. The molecule has 0 radical (unpaired) electrons. The van der Waals surface area contributed by atoms with Crippen LogP contribution in [0.2, 0.25) is 0 Å². The van der Waals surface area contributed by atoms with Crippen LogP contribution in [0, 0.1) is 0 Å². The van der Waals surface area contributed by atoms with Gasteiger partial charge in [-0.2, -0.15) is 4.98 Å². The number of nitrogens with zero attached hydrogens (tertiary/aromatic N) is 4. The minimum absolute atomic E-state index is 0.590. The number of piperazine rings is 1. The molecule has 1 aliphatic heterocycles. The van der Waals surface area contributed by atoms with Crippen molar-refractivity contribution in [2.75, 3.05) is 38.2 Å². The normalized spacial score (nSPS) is 14.8. The molecule has 0 unspecified atom stereocenters. The quantitative estimate of drug-likeness (QED) is 0.807. The zero-order chi connectivity index (χ0) is 15.4. The summed E-state index contributed by atoms with van der Waals surface area (Å²) in [6.45, 7) is 3.43. The summed E-state index contributed by atoms with van der Waals surface area (Å²) in [6, 6.07) is 11.9. The standard InChI is InChI=1S/C16H18N4OS/c1-21-14-7-8-17-16(18-14)20-11-9-19(10-12-20)15(22)13-5-3-2-4-6-13/h2-8H,9-12H2,1H3. The van der Waals surface area contributed by atoms with Crippen LogP contribution in [0.25, 0.3) is 0 Å². The number of ether oxygens (including phenoxy) is 1. The van der Waals surface area contributed by atoms with Gasteiger partial charge in [-0.15, -0.1) is 0 Å². The number of methoxy groups -OCH3 is 1. The molecule has 22 heavy (non-hydrogen) atoms. The summed E-state index contributed by atoms with van der Waals surface area (Å²) in [5.41, 5.74) is 1.10. The molecule has 1 fully saturated rings. The Morgan fingerprint density at radius 1 is 1.09 bits per heavy atom. The molecule has 2 heterocycles. The van der Waals surface area contributed by atoms with Gasteiger partial charge in [0.1, 0.15) is 4.99 Å². The van der Waals surface area contributed by atoms with E-state index in [2.05, 4.69) is 31.9 Å². The third kappa shape index (κ3) is 3.17. The molecule has 6 heteroatoms. The fourth-order valence-corrected chi connectivity index (χ4v) is 2.79. The maximum Gasteiger partial charge on any atom is 0.228 e. The van der Waals surface area contributed by atoms with E-state index in [0.29, 0.717) is 11.8 Å². The number of thiocarbonyl (C=S) groups is 1. The largest absolute Gasteiger partial charge is 0.481 e.